The fraction of sp³-hybridized carbons (Fsp3) is 0.579. The van der Waals surface area contributed by atoms with Crippen molar-refractivity contribution in [3.05, 3.63) is 24.3 Å². The summed E-state index contributed by atoms with van der Waals surface area (Å²) in [5.41, 5.74) is 0. The van der Waals surface area contributed by atoms with Crippen molar-refractivity contribution in [2.45, 2.75) is 31.7 Å². The number of methoxy groups -OCH3 is 1. The summed E-state index contributed by atoms with van der Waals surface area (Å²) in [6.07, 6.45) is 2.90. The van der Waals surface area contributed by atoms with Gasteiger partial charge in [0.15, 0.2) is 11.5 Å². The van der Waals surface area contributed by atoms with Gasteiger partial charge in [-0.15, -0.1) is 0 Å². The van der Waals surface area contributed by atoms with Crippen molar-refractivity contribution in [3.8, 4) is 11.5 Å². The van der Waals surface area contributed by atoms with Gasteiger partial charge in [-0.1, -0.05) is 12.1 Å². The zero-order valence-corrected chi connectivity index (χ0v) is 15.5. The van der Waals surface area contributed by atoms with Gasteiger partial charge in [-0.3, -0.25) is 14.5 Å². The van der Waals surface area contributed by atoms with E-state index in [2.05, 4.69) is 0 Å². The van der Waals surface area contributed by atoms with Gasteiger partial charge in [-0.05, 0) is 38.4 Å². The monoisotopic (exact) mass is 364 g/mol. The molecule has 0 radical (unpaired) electrons. The van der Waals surface area contributed by atoms with Gasteiger partial charge in [-0.2, -0.15) is 0 Å². The first-order valence-corrected chi connectivity index (χ1v) is 8.97. The smallest absolute Gasteiger partial charge is 0.317 e. The number of aliphatic carboxylic acids is 1. The molecule has 1 amide bonds. The van der Waals surface area contributed by atoms with Crippen molar-refractivity contribution < 1.29 is 24.2 Å². The third kappa shape index (κ3) is 5.91. The molecule has 1 aromatic rings. The Morgan fingerprint density at radius 3 is 2.65 bits per heavy atom. The maximum atomic E-state index is 12.5. The van der Waals surface area contributed by atoms with Gasteiger partial charge >= 0.3 is 5.97 Å². The first-order valence-electron chi connectivity index (χ1n) is 8.97. The van der Waals surface area contributed by atoms with E-state index in [4.69, 9.17) is 14.6 Å². The van der Waals surface area contributed by atoms with Crippen LogP contribution in [0.3, 0.4) is 0 Å². The molecule has 1 aliphatic rings. The molecule has 1 fully saturated rings. The van der Waals surface area contributed by atoms with E-state index in [0.717, 1.165) is 19.3 Å². The first-order chi connectivity index (χ1) is 12.5. The highest BCUT2D eigenvalue weighted by atomic mass is 16.5. The van der Waals surface area contributed by atoms with Crippen molar-refractivity contribution in [1.82, 2.24) is 9.80 Å². The Kier molecular flexibility index (Phi) is 7.72. The van der Waals surface area contributed by atoms with Gasteiger partial charge in [0.1, 0.15) is 0 Å². The average molecular weight is 364 g/mol. The van der Waals surface area contributed by atoms with Crippen LogP contribution in [0, 0.1) is 0 Å². The number of rotatable bonds is 8. The second-order valence-corrected chi connectivity index (χ2v) is 6.52. The predicted molar refractivity (Wildman–Crippen MR) is 97.6 cm³/mol. The molecule has 7 nitrogen and oxygen atoms in total. The summed E-state index contributed by atoms with van der Waals surface area (Å²) in [5, 5.41) is 8.92. The van der Waals surface area contributed by atoms with Crippen LogP contribution in [0.1, 0.15) is 25.7 Å². The number of carboxylic acid groups (broad SMARTS) is 1. The molecule has 7 heteroatoms. The molecule has 0 bridgehead atoms. The van der Waals surface area contributed by atoms with E-state index in [-0.39, 0.29) is 18.5 Å². The Balaban J connectivity index is 1.78. The molecule has 0 saturated carbocycles. The molecule has 1 aliphatic heterocycles. The Labute approximate surface area is 154 Å². The highest BCUT2D eigenvalue weighted by molar-refractivity contribution is 5.76. The van der Waals surface area contributed by atoms with E-state index in [1.807, 2.05) is 41.1 Å². The molecule has 0 aromatic heterocycles. The van der Waals surface area contributed by atoms with E-state index < -0.39 is 5.97 Å². The summed E-state index contributed by atoms with van der Waals surface area (Å²) in [4.78, 5) is 27.0. The third-order valence-corrected chi connectivity index (χ3v) is 4.70. The lowest BCUT2D eigenvalue weighted by Gasteiger charge is -2.25. The number of likely N-dealkylation sites (tertiary alicyclic amines) is 1. The Morgan fingerprint density at radius 1 is 1.23 bits per heavy atom. The zero-order valence-electron chi connectivity index (χ0n) is 15.5. The number of ether oxygens (including phenoxy) is 2. The highest BCUT2D eigenvalue weighted by Crippen LogP contribution is 2.26. The van der Waals surface area contributed by atoms with Gasteiger partial charge in [0.2, 0.25) is 5.91 Å². The van der Waals surface area contributed by atoms with E-state index in [1.54, 1.807) is 7.11 Å². The van der Waals surface area contributed by atoms with Crippen LogP contribution in [-0.4, -0.2) is 73.2 Å². The highest BCUT2D eigenvalue weighted by Gasteiger charge is 2.23. The van der Waals surface area contributed by atoms with Crippen molar-refractivity contribution in [2.75, 3.05) is 40.4 Å². The quantitative estimate of drug-likeness (QED) is 0.759. The number of para-hydroxylation sites is 2. The van der Waals surface area contributed by atoms with Crippen LogP contribution in [0.15, 0.2) is 24.3 Å². The Hall–Kier alpha value is -2.28. The van der Waals surface area contributed by atoms with Crippen LogP contribution in [-0.2, 0) is 9.59 Å². The molecule has 26 heavy (non-hydrogen) atoms. The molecule has 144 valence electrons. The van der Waals surface area contributed by atoms with E-state index in [9.17, 15) is 9.59 Å². The topological polar surface area (TPSA) is 79.3 Å². The summed E-state index contributed by atoms with van der Waals surface area (Å²) < 4.78 is 10.9. The van der Waals surface area contributed by atoms with E-state index in [1.165, 1.54) is 0 Å². The molecular formula is C19H28N2O5. The van der Waals surface area contributed by atoms with Crippen molar-refractivity contribution in [1.29, 1.82) is 0 Å². The lowest BCUT2D eigenvalue weighted by Crippen LogP contribution is -2.37. The van der Waals surface area contributed by atoms with Crippen LogP contribution < -0.4 is 9.47 Å². The second-order valence-electron chi connectivity index (χ2n) is 6.52. The maximum Gasteiger partial charge on any atom is 0.317 e. The summed E-state index contributed by atoms with van der Waals surface area (Å²) in [6, 6.07) is 7.57. The van der Waals surface area contributed by atoms with Gasteiger partial charge < -0.3 is 19.5 Å². The van der Waals surface area contributed by atoms with E-state index >= 15 is 0 Å². The number of nitrogens with zero attached hydrogens (tertiary/aromatic N) is 2. The lowest BCUT2D eigenvalue weighted by molar-refractivity contribution is -0.138. The lowest BCUT2D eigenvalue weighted by atomic mass is 10.1. The summed E-state index contributed by atoms with van der Waals surface area (Å²) in [7, 11) is 3.42. The summed E-state index contributed by atoms with van der Waals surface area (Å²) in [5.74, 6) is 0.535. The maximum absolute atomic E-state index is 12.5. The second kappa shape index (κ2) is 10.0. The van der Waals surface area contributed by atoms with Crippen LogP contribution in [0.5, 0.6) is 11.5 Å². The Bertz CT molecular complexity index is 607. The number of likely N-dealkylation sites (N-methyl/N-ethyl adjacent to an activating group) is 1. The van der Waals surface area contributed by atoms with Crippen LogP contribution in [0.4, 0.5) is 0 Å². The summed E-state index contributed by atoms with van der Waals surface area (Å²) in [6.45, 7) is 1.70. The fourth-order valence-electron chi connectivity index (χ4n) is 3.26. The first kappa shape index (κ1) is 20.0. The molecule has 2 rings (SSSR count). The molecule has 1 unspecified atom stereocenters. The van der Waals surface area contributed by atoms with Crippen molar-refractivity contribution >= 4 is 11.9 Å². The average Bonchev–Trinajstić information content (AvgIpc) is 2.88. The number of hydrogen-bond donors (Lipinski definition) is 1. The van der Waals surface area contributed by atoms with Gasteiger partial charge in [0.25, 0.3) is 0 Å². The molecule has 1 saturated heterocycles. The minimum atomic E-state index is -0.821. The molecule has 1 aromatic carbocycles. The SMILES string of the molecule is COc1ccccc1OCCC(=O)N1CCCC(N(C)CC(=O)O)CC1. The largest absolute Gasteiger partial charge is 0.493 e. The predicted octanol–water partition coefficient (Wildman–Crippen LogP) is 1.86. The van der Waals surface area contributed by atoms with Crippen molar-refractivity contribution in [3.63, 3.8) is 0 Å². The minimum Gasteiger partial charge on any atom is -0.493 e. The summed E-state index contributed by atoms with van der Waals surface area (Å²) >= 11 is 0. The van der Waals surface area contributed by atoms with Crippen LogP contribution >= 0.6 is 0 Å². The van der Waals surface area contributed by atoms with Crippen LogP contribution in [0.25, 0.3) is 0 Å². The number of carbonyl (C=O) groups is 2. The van der Waals surface area contributed by atoms with Gasteiger partial charge in [0.05, 0.1) is 26.7 Å². The molecule has 0 aliphatic carbocycles. The number of hydrogen-bond acceptors (Lipinski definition) is 5. The molecule has 0 spiro atoms. The van der Waals surface area contributed by atoms with Crippen molar-refractivity contribution in [2.24, 2.45) is 0 Å². The van der Waals surface area contributed by atoms with E-state index in [0.29, 0.717) is 37.6 Å². The number of carbonyl (C=O) groups excluding carboxylic acids is 1. The Morgan fingerprint density at radius 2 is 1.96 bits per heavy atom. The standard InChI is InChI=1S/C19H28N2O5/c1-20(14-19(23)24)15-6-5-11-21(12-9-15)18(22)10-13-26-17-8-4-3-7-16(17)25-2/h3-4,7-8,15H,5-6,9-14H2,1-2H3,(H,23,24). The normalized spacial score (nSPS) is 17.7. The van der Waals surface area contributed by atoms with Crippen LogP contribution in [0.2, 0.25) is 0 Å². The molecule has 1 heterocycles. The fourth-order valence-corrected chi connectivity index (χ4v) is 3.26. The van der Waals surface area contributed by atoms with Gasteiger partial charge in [0, 0.05) is 19.1 Å². The molecule has 1 N–H and O–H groups in total. The van der Waals surface area contributed by atoms with Gasteiger partial charge in [-0.25, -0.2) is 0 Å². The zero-order chi connectivity index (χ0) is 18.9. The number of carboxylic acids is 1. The molecule has 1 atom stereocenters. The minimum absolute atomic E-state index is 0.0331. The molecular weight excluding hydrogens is 336 g/mol. The third-order valence-electron chi connectivity index (χ3n) is 4.70. The number of amides is 1. The number of benzene rings is 1.